The second-order valence-corrected chi connectivity index (χ2v) is 9.43. The highest BCUT2D eigenvalue weighted by molar-refractivity contribution is 7.87. The molecule has 2 aromatic carbocycles. The van der Waals surface area contributed by atoms with Gasteiger partial charge in [-0.25, -0.2) is 18.7 Å². The fourth-order valence-corrected chi connectivity index (χ4v) is 5.55. The minimum atomic E-state index is -4.56. The van der Waals surface area contributed by atoms with Gasteiger partial charge in [-0.2, -0.15) is 13.2 Å². The number of aromatic nitrogens is 2. The summed E-state index contributed by atoms with van der Waals surface area (Å²) in [5.74, 6) is 2.03. The first-order valence-electron chi connectivity index (χ1n) is 10.2. The predicted octanol–water partition coefficient (Wildman–Crippen LogP) is 6.00. The molecule has 1 aliphatic rings. The van der Waals surface area contributed by atoms with Crippen molar-refractivity contribution in [3.63, 3.8) is 0 Å². The smallest absolute Gasteiger partial charge is 0.422 e. The van der Waals surface area contributed by atoms with E-state index in [1.165, 1.54) is 12.4 Å². The first kappa shape index (κ1) is 23.2. The molecule has 0 unspecified atom stereocenters. The Balaban J connectivity index is 1.76. The monoisotopic (exact) mass is 482 g/mol. The first-order valence-corrected chi connectivity index (χ1v) is 11.7. The summed E-state index contributed by atoms with van der Waals surface area (Å²) in [6, 6.07) is 5.14. The van der Waals surface area contributed by atoms with Crippen LogP contribution in [0.15, 0.2) is 35.0 Å². The lowest BCUT2D eigenvalue weighted by molar-refractivity contribution is -0.153. The van der Waals surface area contributed by atoms with Crippen LogP contribution in [0.5, 0.6) is 11.5 Å². The van der Waals surface area contributed by atoms with E-state index < -0.39 is 18.6 Å². The Morgan fingerprint density at radius 2 is 1.91 bits per heavy atom. The molecule has 1 aromatic heterocycles. The molecular weight excluding hydrogens is 460 g/mol. The number of fused-ring (bicyclic) bond motifs is 1. The Bertz CT molecular complexity index is 1210. The summed E-state index contributed by atoms with van der Waals surface area (Å²) in [6.45, 7) is 0.299. The normalized spacial score (nSPS) is 14.5. The van der Waals surface area contributed by atoms with Crippen molar-refractivity contribution in [1.29, 1.82) is 0 Å². The Morgan fingerprint density at radius 1 is 1.15 bits per heavy atom. The number of alkyl halides is 3. The molecule has 0 saturated carbocycles. The highest BCUT2D eigenvalue weighted by atomic mass is 32.2. The van der Waals surface area contributed by atoms with Crippen LogP contribution in [0.1, 0.15) is 18.4 Å². The zero-order chi connectivity index (χ0) is 23.6. The predicted molar refractivity (Wildman–Crippen MR) is 120 cm³/mol. The molecule has 0 amide bonds. The summed E-state index contributed by atoms with van der Waals surface area (Å²) in [4.78, 5) is 8.62. The number of aryl methyl sites for hydroxylation is 1. The minimum Gasteiger partial charge on any atom is -0.494 e. The first-order chi connectivity index (χ1) is 15.7. The zero-order valence-corrected chi connectivity index (χ0v) is 18.8. The fourth-order valence-electron chi connectivity index (χ4n) is 3.68. The molecular formula is C22H22F4N4O2S. The quantitative estimate of drug-likeness (QED) is 0.437. The van der Waals surface area contributed by atoms with Crippen LogP contribution in [-0.2, 0) is 10.7 Å². The number of methoxy groups -OCH3 is 1. The van der Waals surface area contributed by atoms with Crippen LogP contribution in [0.2, 0.25) is 0 Å². The van der Waals surface area contributed by atoms with Crippen molar-refractivity contribution in [3.05, 3.63) is 42.0 Å². The van der Waals surface area contributed by atoms with Crippen LogP contribution < -0.4 is 14.8 Å². The number of hydrogen-bond donors (Lipinski definition) is 1. The third-order valence-corrected chi connectivity index (χ3v) is 7.10. The fraction of sp³-hybridized carbons (Fsp3) is 0.364. The van der Waals surface area contributed by atoms with Crippen molar-refractivity contribution < 1.29 is 27.0 Å². The summed E-state index contributed by atoms with van der Waals surface area (Å²) in [5.41, 5.74) is 2.19. The van der Waals surface area contributed by atoms with Crippen molar-refractivity contribution in [2.24, 2.45) is 4.36 Å². The number of anilines is 2. The SMILES string of the molecule is COc1c(N=S2CCCC2)cc2ncnc(Nc3ccc(F)cc3OCC(F)(F)F)c2c1C. The molecule has 11 heteroatoms. The number of rotatable bonds is 6. The molecule has 0 bridgehead atoms. The van der Waals surface area contributed by atoms with Gasteiger partial charge in [0, 0.05) is 28.5 Å². The highest BCUT2D eigenvalue weighted by Gasteiger charge is 2.29. The lowest BCUT2D eigenvalue weighted by atomic mass is 10.1. The largest absolute Gasteiger partial charge is 0.494 e. The van der Waals surface area contributed by atoms with E-state index in [0.717, 1.165) is 42.0 Å². The van der Waals surface area contributed by atoms with E-state index in [4.69, 9.17) is 13.8 Å². The molecule has 1 aliphatic heterocycles. The van der Waals surface area contributed by atoms with Gasteiger partial charge < -0.3 is 14.8 Å². The van der Waals surface area contributed by atoms with E-state index in [9.17, 15) is 17.6 Å². The van der Waals surface area contributed by atoms with Gasteiger partial charge in [-0.3, -0.25) is 0 Å². The van der Waals surface area contributed by atoms with Crippen LogP contribution in [0.4, 0.5) is 34.8 Å². The molecule has 3 aromatic rings. The van der Waals surface area contributed by atoms with Crippen LogP contribution >= 0.6 is 0 Å². The number of hydrogen-bond acceptors (Lipinski definition) is 6. The van der Waals surface area contributed by atoms with Gasteiger partial charge in [0.05, 0.1) is 18.3 Å². The summed E-state index contributed by atoms with van der Waals surface area (Å²) in [6.07, 6.45) is -0.894. The van der Waals surface area contributed by atoms with Gasteiger partial charge in [-0.15, -0.1) is 0 Å². The molecule has 2 heterocycles. The molecule has 6 nitrogen and oxygen atoms in total. The molecule has 0 spiro atoms. The maximum absolute atomic E-state index is 13.7. The van der Waals surface area contributed by atoms with E-state index >= 15 is 0 Å². The lowest BCUT2D eigenvalue weighted by Crippen LogP contribution is -2.19. The summed E-state index contributed by atoms with van der Waals surface area (Å²) in [5, 5.41) is 3.59. The van der Waals surface area contributed by atoms with Crippen LogP contribution in [0.3, 0.4) is 0 Å². The molecule has 176 valence electrons. The minimum absolute atomic E-state index is 0.0513. The Labute approximate surface area is 190 Å². The number of nitrogens with zero attached hydrogens (tertiary/aromatic N) is 3. The van der Waals surface area contributed by atoms with Crippen molar-refractivity contribution in [2.75, 3.05) is 30.5 Å². The van der Waals surface area contributed by atoms with E-state index in [2.05, 4.69) is 15.3 Å². The number of nitrogens with one attached hydrogen (secondary N) is 1. The van der Waals surface area contributed by atoms with Gasteiger partial charge in [0.25, 0.3) is 0 Å². The average molecular weight is 483 g/mol. The topological polar surface area (TPSA) is 68.6 Å². The Morgan fingerprint density at radius 3 is 2.61 bits per heavy atom. The second-order valence-electron chi connectivity index (χ2n) is 7.51. The van der Waals surface area contributed by atoms with Gasteiger partial charge in [-0.1, -0.05) is 10.7 Å². The van der Waals surface area contributed by atoms with Gasteiger partial charge in [-0.05, 0) is 38.0 Å². The standard InChI is InChI=1S/C22H22F4N4O2S/c1-13-19-16(10-17(20(13)31-2)30-33-7-3-4-8-33)27-12-28-21(19)29-15-6-5-14(23)9-18(15)32-11-22(24,25)26/h5-6,9-10,12H,3-4,7-8,11H2,1-2H3,(H,27,28,29). The molecule has 1 saturated heterocycles. The zero-order valence-electron chi connectivity index (χ0n) is 18.0. The molecule has 4 rings (SSSR count). The molecule has 0 atom stereocenters. The molecule has 0 aliphatic carbocycles. The number of ether oxygens (including phenoxy) is 2. The van der Waals surface area contributed by atoms with E-state index in [1.54, 1.807) is 7.11 Å². The maximum Gasteiger partial charge on any atom is 0.422 e. The van der Waals surface area contributed by atoms with E-state index in [1.807, 2.05) is 13.0 Å². The second kappa shape index (κ2) is 9.50. The Hall–Kier alpha value is -2.95. The van der Waals surface area contributed by atoms with Crippen LogP contribution in [0.25, 0.3) is 10.9 Å². The summed E-state index contributed by atoms with van der Waals surface area (Å²) >= 11 is 0. The summed E-state index contributed by atoms with van der Waals surface area (Å²) < 4.78 is 67.0. The highest BCUT2D eigenvalue weighted by Crippen LogP contribution is 2.41. The van der Waals surface area contributed by atoms with Gasteiger partial charge in [0.1, 0.15) is 35.1 Å². The lowest BCUT2D eigenvalue weighted by Gasteiger charge is -2.17. The average Bonchev–Trinajstić information content (AvgIpc) is 3.26. The maximum atomic E-state index is 13.7. The van der Waals surface area contributed by atoms with Crippen LogP contribution in [-0.4, -0.2) is 41.4 Å². The number of benzene rings is 2. The molecule has 33 heavy (non-hydrogen) atoms. The third-order valence-electron chi connectivity index (χ3n) is 5.13. The van der Waals surface area contributed by atoms with Crippen LogP contribution in [0, 0.1) is 12.7 Å². The third kappa shape index (κ3) is 5.35. The van der Waals surface area contributed by atoms with Crippen molar-refractivity contribution in [1.82, 2.24) is 9.97 Å². The Kier molecular flexibility index (Phi) is 6.68. The number of halogens is 4. The van der Waals surface area contributed by atoms with Gasteiger partial charge >= 0.3 is 6.18 Å². The van der Waals surface area contributed by atoms with Crippen molar-refractivity contribution >= 4 is 38.8 Å². The summed E-state index contributed by atoms with van der Waals surface area (Å²) in [7, 11) is 1.51. The molecule has 1 N–H and O–H groups in total. The van der Waals surface area contributed by atoms with Gasteiger partial charge in [0.15, 0.2) is 6.61 Å². The molecule has 1 fully saturated rings. The van der Waals surface area contributed by atoms with E-state index in [-0.39, 0.29) is 22.1 Å². The van der Waals surface area contributed by atoms with Crippen molar-refractivity contribution in [3.8, 4) is 11.5 Å². The van der Waals surface area contributed by atoms with Crippen molar-refractivity contribution in [2.45, 2.75) is 25.9 Å². The molecule has 0 radical (unpaired) electrons. The van der Waals surface area contributed by atoms with Gasteiger partial charge in [0.2, 0.25) is 0 Å². The van der Waals surface area contributed by atoms with E-state index in [0.29, 0.717) is 28.2 Å².